The quantitative estimate of drug-likeness (QED) is 0.477. The smallest absolute Gasteiger partial charge is 0.191 e. The van der Waals surface area contributed by atoms with Gasteiger partial charge in [0, 0.05) is 6.61 Å². The molecule has 0 fully saturated rings. The summed E-state index contributed by atoms with van der Waals surface area (Å²) in [7, 11) is -1.55. The van der Waals surface area contributed by atoms with E-state index in [4.69, 9.17) is 4.43 Å². The van der Waals surface area contributed by atoms with Crippen LogP contribution in [0.25, 0.3) is 0 Å². The third-order valence-electron chi connectivity index (χ3n) is 3.88. The molecule has 0 N–H and O–H groups in total. The van der Waals surface area contributed by atoms with E-state index in [1.165, 1.54) is 0 Å². The Labute approximate surface area is 103 Å². The van der Waals surface area contributed by atoms with Crippen LogP contribution in [0.1, 0.15) is 41.0 Å². The fourth-order valence-corrected chi connectivity index (χ4v) is 2.45. The summed E-state index contributed by atoms with van der Waals surface area (Å²) in [6.45, 7) is 20.8. The maximum absolute atomic E-state index is 6.17. The zero-order valence-electron chi connectivity index (χ0n) is 12.3. The molecule has 0 aromatic rings. The number of rotatable bonds is 6. The van der Waals surface area contributed by atoms with Gasteiger partial charge in [-0.1, -0.05) is 40.7 Å². The average molecular weight is 242 g/mol. The van der Waals surface area contributed by atoms with Gasteiger partial charge in [-0.25, -0.2) is 0 Å². The second-order valence-corrected chi connectivity index (χ2v) is 11.4. The van der Waals surface area contributed by atoms with Crippen molar-refractivity contribution < 1.29 is 4.43 Å². The van der Waals surface area contributed by atoms with Crippen LogP contribution in [-0.4, -0.2) is 14.9 Å². The topological polar surface area (TPSA) is 9.23 Å². The third kappa shape index (κ3) is 4.83. The molecule has 0 rings (SSSR count). The molecule has 0 aromatic carbocycles. The van der Waals surface area contributed by atoms with Crippen LogP contribution in [0.4, 0.5) is 0 Å². The first-order valence-electron chi connectivity index (χ1n) is 6.38. The van der Waals surface area contributed by atoms with Gasteiger partial charge in [-0.05, 0) is 36.4 Å². The van der Waals surface area contributed by atoms with Gasteiger partial charge in [0.1, 0.15) is 0 Å². The van der Waals surface area contributed by atoms with Crippen LogP contribution >= 0.6 is 0 Å². The van der Waals surface area contributed by atoms with Crippen LogP contribution in [0.5, 0.6) is 0 Å². The minimum absolute atomic E-state index is 0.314. The highest BCUT2D eigenvalue weighted by atomic mass is 28.4. The monoisotopic (exact) mass is 242 g/mol. The van der Waals surface area contributed by atoms with Crippen molar-refractivity contribution in [2.75, 3.05) is 6.61 Å². The molecular formula is C14H30OSi. The minimum Gasteiger partial charge on any atom is -0.417 e. The van der Waals surface area contributed by atoms with Gasteiger partial charge < -0.3 is 4.43 Å². The van der Waals surface area contributed by atoms with Crippen LogP contribution in [0.15, 0.2) is 12.7 Å². The Morgan fingerprint density at radius 1 is 1.25 bits per heavy atom. The van der Waals surface area contributed by atoms with Gasteiger partial charge in [-0.2, -0.15) is 0 Å². The standard InChI is InChI=1S/C14H30OSi/c1-9-13(12(2)3)10-11-15-16(7,8)14(4,5)6/h9,12-13H,1,10-11H2,2-8H3/t13-/m0/s1. The first kappa shape index (κ1) is 15.9. The summed E-state index contributed by atoms with van der Waals surface area (Å²) in [4.78, 5) is 0. The predicted molar refractivity (Wildman–Crippen MR) is 76.3 cm³/mol. The molecule has 0 aliphatic carbocycles. The van der Waals surface area contributed by atoms with E-state index in [1.54, 1.807) is 0 Å². The van der Waals surface area contributed by atoms with Crippen LogP contribution in [-0.2, 0) is 4.43 Å². The lowest BCUT2D eigenvalue weighted by atomic mass is 9.93. The molecule has 96 valence electrons. The third-order valence-corrected chi connectivity index (χ3v) is 8.42. The summed E-state index contributed by atoms with van der Waals surface area (Å²) in [6.07, 6.45) is 3.17. The zero-order valence-corrected chi connectivity index (χ0v) is 13.3. The fourth-order valence-electron chi connectivity index (χ4n) is 1.39. The van der Waals surface area contributed by atoms with E-state index >= 15 is 0 Å². The largest absolute Gasteiger partial charge is 0.417 e. The highest BCUT2D eigenvalue weighted by Gasteiger charge is 2.36. The molecule has 0 amide bonds. The molecule has 0 unspecified atom stereocenters. The molecule has 0 heterocycles. The lowest BCUT2D eigenvalue weighted by molar-refractivity contribution is 0.251. The van der Waals surface area contributed by atoms with E-state index in [9.17, 15) is 0 Å². The van der Waals surface area contributed by atoms with Gasteiger partial charge in [0.2, 0.25) is 0 Å². The molecule has 0 aliphatic rings. The van der Waals surface area contributed by atoms with E-state index in [0.29, 0.717) is 16.9 Å². The summed E-state index contributed by atoms with van der Waals surface area (Å²) >= 11 is 0. The maximum Gasteiger partial charge on any atom is 0.191 e. The summed E-state index contributed by atoms with van der Waals surface area (Å²) < 4.78 is 6.17. The molecule has 0 spiro atoms. The van der Waals surface area contributed by atoms with Crippen molar-refractivity contribution in [3.8, 4) is 0 Å². The molecule has 0 aromatic heterocycles. The molecule has 0 bridgehead atoms. The van der Waals surface area contributed by atoms with Crippen LogP contribution in [0.2, 0.25) is 18.1 Å². The molecular weight excluding hydrogens is 212 g/mol. The van der Waals surface area contributed by atoms with E-state index in [2.05, 4.69) is 60.4 Å². The van der Waals surface area contributed by atoms with Gasteiger partial charge in [-0.3, -0.25) is 0 Å². The van der Waals surface area contributed by atoms with Crippen molar-refractivity contribution in [1.29, 1.82) is 0 Å². The highest BCUT2D eigenvalue weighted by Crippen LogP contribution is 2.36. The van der Waals surface area contributed by atoms with E-state index < -0.39 is 8.32 Å². The lowest BCUT2D eigenvalue weighted by Crippen LogP contribution is -2.41. The number of hydrogen-bond acceptors (Lipinski definition) is 1. The Morgan fingerprint density at radius 2 is 1.75 bits per heavy atom. The Hall–Kier alpha value is -0.0831. The van der Waals surface area contributed by atoms with Gasteiger partial charge >= 0.3 is 0 Å². The first-order chi connectivity index (χ1) is 7.12. The van der Waals surface area contributed by atoms with Crippen LogP contribution in [0, 0.1) is 11.8 Å². The van der Waals surface area contributed by atoms with Crippen LogP contribution < -0.4 is 0 Å². The second-order valence-electron chi connectivity index (χ2n) is 6.54. The van der Waals surface area contributed by atoms with E-state index in [1.807, 2.05) is 0 Å². The lowest BCUT2D eigenvalue weighted by Gasteiger charge is -2.36. The summed E-state index contributed by atoms with van der Waals surface area (Å²) in [6, 6.07) is 0. The second kappa shape index (κ2) is 6.01. The number of hydrogen-bond donors (Lipinski definition) is 0. The van der Waals surface area contributed by atoms with Gasteiger partial charge in [0.15, 0.2) is 8.32 Å². The Bertz CT molecular complexity index is 213. The Morgan fingerprint density at radius 3 is 2.06 bits per heavy atom. The molecule has 2 heteroatoms. The predicted octanol–water partition coefficient (Wildman–Crippen LogP) is 4.86. The summed E-state index contributed by atoms with van der Waals surface area (Å²) in [5.74, 6) is 1.25. The Balaban J connectivity index is 4.12. The number of allylic oxidation sites excluding steroid dienone is 1. The van der Waals surface area contributed by atoms with Crippen molar-refractivity contribution >= 4 is 8.32 Å². The zero-order chi connectivity index (χ0) is 13.0. The van der Waals surface area contributed by atoms with Gasteiger partial charge in [0.05, 0.1) is 0 Å². The van der Waals surface area contributed by atoms with Crippen molar-refractivity contribution in [2.24, 2.45) is 11.8 Å². The van der Waals surface area contributed by atoms with E-state index in [0.717, 1.165) is 13.0 Å². The minimum atomic E-state index is -1.55. The average Bonchev–Trinajstić information content (AvgIpc) is 2.09. The van der Waals surface area contributed by atoms with Crippen molar-refractivity contribution in [1.82, 2.24) is 0 Å². The van der Waals surface area contributed by atoms with E-state index in [-0.39, 0.29) is 0 Å². The highest BCUT2D eigenvalue weighted by molar-refractivity contribution is 6.74. The Kier molecular flexibility index (Phi) is 5.98. The molecule has 1 atom stereocenters. The SMILES string of the molecule is C=C[C@@H](CCO[Si](C)(C)C(C)(C)C)C(C)C. The fraction of sp³-hybridized carbons (Fsp3) is 0.857. The van der Waals surface area contributed by atoms with Gasteiger partial charge in [0.25, 0.3) is 0 Å². The maximum atomic E-state index is 6.17. The summed E-state index contributed by atoms with van der Waals surface area (Å²) in [5.41, 5.74) is 0. The normalized spacial score (nSPS) is 15.2. The van der Waals surface area contributed by atoms with Crippen molar-refractivity contribution in [2.45, 2.75) is 59.2 Å². The molecule has 0 saturated carbocycles. The van der Waals surface area contributed by atoms with Crippen molar-refractivity contribution in [3.05, 3.63) is 12.7 Å². The van der Waals surface area contributed by atoms with Gasteiger partial charge in [-0.15, -0.1) is 6.58 Å². The molecule has 16 heavy (non-hydrogen) atoms. The van der Waals surface area contributed by atoms with Crippen molar-refractivity contribution in [3.63, 3.8) is 0 Å². The first-order valence-corrected chi connectivity index (χ1v) is 9.29. The van der Waals surface area contributed by atoms with Crippen LogP contribution in [0.3, 0.4) is 0 Å². The molecule has 0 radical (unpaired) electrons. The molecule has 0 saturated heterocycles. The molecule has 0 aliphatic heterocycles. The molecule has 1 nitrogen and oxygen atoms in total. The summed E-state index contributed by atoms with van der Waals surface area (Å²) in [5, 5.41) is 0.314.